The Morgan fingerprint density at radius 3 is 2.58 bits per heavy atom. The molecule has 0 bridgehead atoms. The molecule has 5 nitrogen and oxygen atoms in total. The Labute approximate surface area is 191 Å². The molecule has 31 heavy (non-hydrogen) atoms. The smallest absolute Gasteiger partial charge is 0.267 e. The SMILES string of the molecule is CCCc1sc2nc(SCC(=O)N3CCCC3)n(-c3ccc(C)c(C)c3)c(=O)c2c1C. The van der Waals surface area contributed by atoms with Crippen LogP contribution in [0.5, 0.6) is 0 Å². The lowest BCUT2D eigenvalue weighted by atomic mass is 10.1. The number of nitrogens with zero attached hydrogens (tertiary/aromatic N) is 3. The Kier molecular flexibility index (Phi) is 6.53. The van der Waals surface area contributed by atoms with Gasteiger partial charge < -0.3 is 4.90 Å². The molecule has 0 atom stereocenters. The summed E-state index contributed by atoms with van der Waals surface area (Å²) in [6.45, 7) is 9.96. The zero-order chi connectivity index (χ0) is 22.1. The van der Waals surface area contributed by atoms with Gasteiger partial charge in [0.05, 0.1) is 16.8 Å². The molecule has 0 unspecified atom stereocenters. The molecule has 1 saturated heterocycles. The number of aromatic nitrogens is 2. The van der Waals surface area contributed by atoms with E-state index in [1.807, 2.05) is 30.0 Å². The molecule has 164 valence electrons. The summed E-state index contributed by atoms with van der Waals surface area (Å²) in [7, 11) is 0. The molecule has 1 aliphatic rings. The number of likely N-dealkylation sites (tertiary alicyclic amines) is 1. The van der Waals surface area contributed by atoms with Gasteiger partial charge in [-0.05, 0) is 68.9 Å². The predicted molar refractivity (Wildman–Crippen MR) is 130 cm³/mol. The highest BCUT2D eigenvalue weighted by Crippen LogP contribution is 2.31. The first-order chi connectivity index (χ1) is 14.9. The molecule has 0 radical (unpaired) electrons. The summed E-state index contributed by atoms with van der Waals surface area (Å²) in [6, 6.07) is 6.04. The molecule has 3 heterocycles. The normalized spacial score (nSPS) is 14.0. The Bertz CT molecular complexity index is 1190. The van der Waals surface area contributed by atoms with Crippen LogP contribution in [0.1, 0.15) is 47.8 Å². The van der Waals surface area contributed by atoms with Gasteiger partial charge in [-0.3, -0.25) is 14.2 Å². The third-order valence-electron chi connectivity index (χ3n) is 6.04. The summed E-state index contributed by atoms with van der Waals surface area (Å²) in [5, 5.41) is 1.31. The van der Waals surface area contributed by atoms with E-state index in [9.17, 15) is 9.59 Å². The summed E-state index contributed by atoms with van der Waals surface area (Å²) < 4.78 is 1.70. The van der Waals surface area contributed by atoms with E-state index in [0.29, 0.717) is 16.3 Å². The summed E-state index contributed by atoms with van der Waals surface area (Å²) in [6.07, 6.45) is 4.13. The van der Waals surface area contributed by atoms with E-state index in [4.69, 9.17) is 4.98 Å². The second-order valence-electron chi connectivity index (χ2n) is 8.26. The van der Waals surface area contributed by atoms with Gasteiger partial charge in [-0.2, -0.15) is 0 Å². The van der Waals surface area contributed by atoms with Crippen LogP contribution in [0, 0.1) is 20.8 Å². The van der Waals surface area contributed by atoms with Crippen LogP contribution < -0.4 is 5.56 Å². The van der Waals surface area contributed by atoms with Crippen molar-refractivity contribution in [2.75, 3.05) is 18.8 Å². The van der Waals surface area contributed by atoms with E-state index >= 15 is 0 Å². The minimum Gasteiger partial charge on any atom is -0.342 e. The molecule has 1 amide bonds. The highest BCUT2D eigenvalue weighted by Gasteiger charge is 2.22. The minimum atomic E-state index is -0.0412. The van der Waals surface area contributed by atoms with Gasteiger partial charge in [-0.15, -0.1) is 11.3 Å². The lowest BCUT2D eigenvalue weighted by Crippen LogP contribution is -2.29. The quantitative estimate of drug-likeness (QED) is 0.386. The Morgan fingerprint density at radius 2 is 1.90 bits per heavy atom. The summed E-state index contributed by atoms with van der Waals surface area (Å²) in [5.74, 6) is 0.423. The standard InChI is InChI=1S/C24H29N3O2S2/c1-5-8-19-17(4)21-22(31-19)25-24(30-14-20(28)26-11-6-7-12-26)27(23(21)29)18-10-9-15(2)16(3)13-18/h9-10,13H,5-8,11-12,14H2,1-4H3. The zero-order valence-corrected chi connectivity index (χ0v) is 20.3. The number of benzene rings is 1. The maximum atomic E-state index is 13.7. The zero-order valence-electron chi connectivity index (χ0n) is 18.7. The number of carbonyl (C=O) groups is 1. The minimum absolute atomic E-state index is 0.0412. The summed E-state index contributed by atoms with van der Waals surface area (Å²) in [4.78, 5) is 35.2. The molecule has 0 saturated carbocycles. The molecule has 0 spiro atoms. The van der Waals surface area contributed by atoms with Crippen molar-refractivity contribution in [2.45, 2.75) is 58.5 Å². The summed E-state index contributed by atoms with van der Waals surface area (Å²) >= 11 is 2.98. The van der Waals surface area contributed by atoms with Crippen LogP contribution in [0.2, 0.25) is 0 Å². The van der Waals surface area contributed by atoms with E-state index in [1.54, 1.807) is 15.9 Å². The molecule has 3 aromatic rings. The predicted octanol–water partition coefficient (Wildman–Crippen LogP) is 5.04. The lowest BCUT2D eigenvalue weighted by Gasteiger charge is -2.16. The first-order valence-electron chi connectivity index (χ1n) is 10.9. The number of thiophene rings is 1. The number of thioether (sulfide) groups is 1. The number of aryl methyl sites for hydroxylation is 4. The number of carbonyl (C=O) groups excluding carboxylic acids is 1. The molecule has 0 N–H and O–H groups in total. The summed E-state index contributed by atoms with van der Waals surface area (Å²) in [5.41, 5.74) is 4.12. The van der Waals surface area contributed by atoms with Crippen LogP contribution in [0.15, 0.2) is 28.2 Å². The van der Waals surface area contributed by atoms with Gasteiger partial charge in [0.2, 0.25) is 5.91 Å². The topological polar surface area (TPSA) is 55.2 Å². The number of amides is 1. The maximum absolute atomic E-state index is 13.7. The van der Waals surface area contributed by atoms with Gasteiger partial charge in [0.1, 0.15) is 4.83 Å². The Morgan fingerprint density at radius 1 is 1.16 bits per heavy atom. The van der Waals surface area contributed by atoms with Gasteiger partial charge in [0, 0.05) is 18.0 Å². The van der Waals surface area contributed by atoms with Crippen molar-refractivity contribution in [3.8, 4) is 5.69 Å². The number of hydrogen-bond donors (Lipinski definition) is 0. The molecule has 4 rings (SSSR count). The Hall–Kier alpha value is -2.12. The van der Waals surface area contributed by atoms with Gasteiger partial charge in [-0.25, -0.2) is 4.98 Å². The molecular formula is C24H29N3O2S2. The van der Waals surface area contributed by atoms with Crippen molar-refractivity contribution in [3.05, 3.63) is 50.1 Å². The molecular weight excluding hydrogens is 426 g/mol. The van der Waals surface area contributed by atoms with Crippen LogP contribution in [0.3, 0.4) is 0 Å². The van der Waals surface area contributed by atoms with Crippen LogP contribution >= 0.6 is 23.1 Å². The fraction of sp³-hybridized carbons (Fsp3) is 0.458. The number of rotatable bonds is 6. The maximum Gasteiger partial charge on any atom is 0.267 e. The van der Waals surface area contributed by atoms with E-state index in [0.717, 1.165) is 60.4 Å². The van der Waals surface area contributed by atoms with E-state index in [1.165, 1.54) is 22.2 Å². The fourth-order valence-electron chi connectivity index (χ4n) is 4.05. The van der Waals surface area contributed by atoms with E-state index < -0.39 is 0 Å². The third-order valence-corrected chi connectivity index (χ3v) is 8.21. The van der Waals surface area contributed by atoms with Gasteiger partial charge in [0.15, 0.2) is 5.16 Å². The Balaban J connectivity index is 1.82. The van der Waals surface area contributed by atoms with Crippen LogP contribution in [-0.2, 0) is 11.2 Å². The average molecular weight is 456 g/mol. The molecule has 1 fully saturated rings. The van der Waals surface area contributed by atoms with Gasteiger partial charge in [0.25, 0.3) is 5.56 Å². The van der Waals surface area contributed by atoms with Crippen LogP contribution in [0.4, 0.5) is 0 Å². The first kappa shape index (κ1) is 22.1. The molecule has 2 aromatic heterocycles. The molecule has 0 aliphatic carbocycles. The average Bonchev–Trinajstić information content (AvgIpc) is 3.38. The van der Waals surface area contributed by atoms with Crippen molar-refractivity contribution in [3.63, 3.8) is 0 Å². The lowest BCUT2D eigenvalue weighted by molar-refractivity contribution is -0.127. The van der Waals surface area contributed by atoms with Crippen molar-refractivity contribution < 1.29 is 4.79 Å². The van der Waals surface area contributed by atoms with E-state index in [-0.39, 0.29) is 11.5 Å². The second-order valence-corrected chi connectivity index (χ2v) is 10.3. The number of hydrogen-bond acceptors (Lipinski definition) is 5. The van der Waals surface area contributed by atoms with Gasteiger partial charge in [-0.1, -0.05) is 31.2 Å². The van der Waals surface area contributed by atoms with E-state index in [2.05, 4.69) is 20.8 Å². The first-order valence-corrected chi connectivity index (χ1v) is 12.7. The monoisotopic (exact) mass is 455 g/mol. The van der Waals surface area contributed by atoms with Crippen molar-refractivity contribution in [1.82, 2.24) is 14.5 Å². The van der Waals surface area contributed by atoms with Crippen molar-refractivity contribution in [2.24, 2.45) is 0 Å². The fourth-order valence-corrected chi connectivity index (χ4v) is 6.28. The van der Waals surface area contributed by atoms with Crippen molar-refractivity contribution >= 4 is 39.2 Å². The van der Waals surface area contributed by atoms with Crippen LogP contribution in [0.25, 0.3) is 15.9 Å². The highest BCUT2D eigenvalue weighted by molar-refractivity contribution is 7.99. The van der Waals surface area contributed by atoms with Gasteiger partial charge >= 0.3 is 0 Å². The highest BCUT2D eigenvalue weighted by atomic mass is 32.2. The number of fused-ring (bicyclic) bond motifs is 1. The molecule has 1 aromatic carbocycles. The van der Waals surface area contributed by atoms with Crippen LogP contribution in [-0.4, -0.2) is 39.2 Å². The van der Waals surface area contributed by atoms with Crippen molar-refractivity contribution in [1.29, 1.82) is 0 Å². The molecule has 1 aliphatic heterocycles. The third kappa shape index (κ3) is 4.30. The second kappa shape index (κ2) is 9.17. The molecule has 7 heteroatoms. The largest absolute Gasteiger partial charge is 0.342 e.